The number of aryl methyl sites for hydroxylation is 1. The Labute approximate surface area is 159 Å². The molecule has 1 heterocycles. The number of hydrogen-bond donors (Lipinski definition) is 0. The second-order valence-corrected chi connectivity index (χ2v) is 7.68. The monoisotopic (exact) mass is 441 g/mol. The highest BCUT2D eigenvalue weighted by atomic mass is 32.2. The Balaban J connectivity index is 2.29. The molecule has 158 valence electrons. The summed E-state index contributed by atoms with van der Waals surface area (Å²) in [5.41, 5.74) is -8.43. The molecule has 1 aromatic heterocycles. The zero-order valence-electron chi connectivity index (χ0n) is 14.5. The predicted octanol–water partition coefficient (Wildman–Crippen LogP) is 2.85. The number of nitrogens with zero attached hydrogens (tertiary/aromatic N) is 1. The van der Waals surface area contributed by atoms with Crippen LogP contribution in [0.15, 0.2) is 17.1 Å². The van der Waals surface area contributed by atoms with Gasteiger partial charge in [0.25, 0.3) is 0 Å². The van der Waals surface area contributed by atoms with Gasteiger partial charge in [0.05, 0.1) is 10.9 Å². The Kier molecular flexibility index (Phi) is 5.05. The number of esters is 1. The fourth-order valence-corrected chi connectivity index (χ4v) is 2.97. The van der Waals surface area contributed by atoms with Crippen molar-refractivity contribution in [2.75, 3.05) is 0 Å². The number of carbonyl (C=O) groups excluding carboxylic acids is 1. The summed E-state index contributed by atoms with van der Waals surface area (Å²) in [7, 11) is -6.37. The Morgan fingerprint density at radius 1 is 1.28 bits per heavy atom. The summed E-state index contributed by atoms with van der Waals surface area (Å²) < 4.78 is 98.4. The van der Waals surface area contributed by atoms with Gasteiger partial charge in [0.15, 0.2) is 5.82 Å². The first kappa shape index (κ1) is 21.0. The molecule has 7 nitrogen and oxygen atoms in total. The van der Waals surface area contributed by atoms with Crippen LogP contribution in [0, 0.1) is 11.6 Å². The van der Waals surface area contributed by atoms with E-state index in [0.717, 1.165) is 10.8 Å². The fraction of sp³-hybridized carbons (Fsp3) is 0.375. The van der Waals surface area contributed by atoms with Gasteiger partial charge in [0.1, 0.15) is 11.7 Å². The molecule has 0 unspecified atom stereocenters. The van der Waals surface area contributed by atoms with Crippen molar-refractivity contribution in [3.8, 4) is 5.75 Å². The zero-order valence-corrected chi connectivity index (χ0v) is 15.4. The molecule has 0 N–H and O–H groups in total. The van der Waals surface area contributed by atoms with Gasteiger partial charge >= 0.3 is 21.6 Å². The molecular formula is C16H12F5NO6S. The molecule has 0 atom stereocenters. The first-order valence-electron chi connectivity index (χ1n) is 8.14. The van der Waals surface area contributed by atoms with E-state index in [9.17, 15) is 40.0 Å². The third kappa shape index (κ3) is 3.78. The zero-order chi connectivity index (χ0) is 21.7. The van der Waals surface area contributed by atoms with Crippen LogP contribution in [0.25, 0.3) is 10.9 Å². The number of aromatic nitrogens is 1. The largest absolute Gasteiger partial charge is 0.534 e. The van der Waals surface area contributed by atoms with Gasteiger partial charge in [-0.3, -0.25) is 4.79 Å². The molecule has 0 amide bonds. The van der Waals surface area contributed by atoms with Crippen molar-refractivity contribution in [2.24, 2.45) is 0 Å². The van der Waals surface area contributed by atoms with Crippen molar-refractivity contribution in [2.45, 2.75) is 37.9 Å². The molecule has 1 aromatic carbocycles. The quantitative estimate of drug-likeness (QED) is 0.307. The lowest BCUT2D eigenvalue weighted by Crippen LogP contribution is -2.29. The van der Waals surface area contributed by atoms with Gasteiger partial charge in [0.2, 0.25) is 17.0 Å². The van der Waals surface area contributed by atoms with Crippen LogP contribution in [0.1, 0.15) is 30.1 Å². The molecule has 1 fully saturated rings. The van der Waals surface area contributed by atoms with Gasteiger partial charge in [-0.05, 0) is 25.8 Å². The Hall–Kier alpha value is -2.70. The number of pyridine rings is 1. The van der Waals surface area contributed by atoms with Crippen molar-refractivity contribution in [3.05, 3.63) is 39.7 Å². The SMILES string of the molecule is CCn1cc(C(=O)OC2CC2)c(=O)c2cc(F)c(F)c(OS(=O)(=O)C(F)(F)F)c21. The molecule has 0 aliphatic heterocycles. The third-order valence-corrected chi connectivity index (χ3v) is 5.00. The molecule has 0 saturated heterocycles. The smallest absolute Gasteiger partial charge is 0.459 e. The van der Waals surface area contributed by atoms with E-state index < -0.39 is 60.9 Å². The molecule has 0 bridgehead atoms. The summed E-state index contributed by atoms with van der Waals surface area (Å²) in [5, 5.41) is -0.747. The van der Waals surface area contributed by atoms with Gasteiger partial charge in [-0.2, -0.15) is 26.0 Å². The molecule has 0 radical (unpaired) electrons. The fourth-order valence-electron chi connectivity index (χ4n) is 2.50. The third-order valence-electron chi connectivity index (χ3n) is 4.05. The highest BCUT2D eigenvalue weighted by Crippen LogP contribution is 2.35. The van der Waals surface area contributed by atoms with E-state index in [1.165, 1.54) is 6.92 Å². The average molecular weight is 441 g/mol. The van der Waals surface area contributed by atoms with Crippen LogP contribution in [-0.2, 0) is 21.4 Å². The van der Waals surface area contributed by atoms with Crippen molar-refractivity contribution < 1.29 is 44.1 Å². The van der Waals surface area contributed by atoms with Gasteiger partial charge in [-0.15, -0.1) is 0 Å². The highest BCUT2D eigenvalue weighted by molar-refractivity contribution is 7.88. The summed E-state index contributed by atoms with van der Waals surface area (Å²) >= 11 is 0. The maximum atomic E-state index is 14.2. The molecular weight excluding hydrogens is 429 g/mol. The van der Waals surface area contributed by atoms with Crippen LogP contribution >= 0.6 is 0 Å². The van der Waals surface area contributed by atoms with E-state index in [1.54, 1.807) is 0 Å². The van der Waals surface area contributed by atoms with Crippen molar-refractivity contribution in [3.63, 3.8) is 0 Å². The lowest BCUT2D eigenvalue weighted by atomic mass is 10.1. The number of benzene rings is 1. The molecule has 0 spiro atoms. The van der Waals surface area contributed by atoms with E-state index >= 15 is 0 Å². The minimum absolute atomic E-state index is 0.159. The molecule has 2 aromatic rings. The average Bonchev–Trinajstić information content (AvgIpc) is 3.42. The number of hydrogen-bond acceptors (Lipinski definition) is 6. The van der Waals surface area contributed by atoms with Crippen LogP contribution in [0.5, 0.6) is 5.75 Å². The van der Waals surface area contributed by atoms with E-state index in [2.05, 4.69) is 4.18 Å². The van der Waals surface area contributed by atoms with Gasteiger partial charge < -0.3 is 13.5 Å². The van der Waals surface area contributed by atoms with Crippen LogP contribution < -0.4 is 9.61 Å². The van der Waals surface area contributed by atoms with Gasteiger partial charge in [0, 0.05) is 12.7 Å². The van der Waals surface area contributed by atoms with Crippen LogP contribution in [0.4, 0.5) is 22.0 Å². The van der Waals surface area contributed by atoms with Crippen LogP contribution in [-0.4, -0.2) is 30.6 Å². The minimum atomic E-state index is -6.37. The number of fused-ring (bicyclic) bond motifs is 1. The first-order chi connectivity index (χ1) is 13.4. The molecule has 13 heteroatoms. The molecule has 3 rings (SSSR count). The lowest BCUT2D eigenvalue weighted by Gasteiger charge is -2.17. The lowest BCUT2D eigenvalue weighted by molar-refractivity contribution is -0.0500. The standard InChI is InChI=1S/C16H12F5NO6S/c1-2-22-6-9(15(24)27-7-3-4-7)13(23)8-5-10(17)11(18)14(12(8)22)28-29(25,26)16(19,20)21/h5-7H,2-4H2,1H3. The van der Waals surface area contributed by atoms with Crippen molar-refractivity contribution >= 4 is 27.0 Å². The summed E-state index contributed by atoms with van der Waals surface area (Å²) in [4.78, 5) is 24.7. The highest BCUT2D eigenvalue weighted by Gasteiger charge is 2.49. The summed E-state index contributed by atoms with van der Waals surface area (Å²) in [5.74, 6) is -6.56. The topological polar surface area (TPSA) is 91.7 Å². The summed E-state index contributed by atoms with van der Waals surface area (Å²) in [6.07, 6.45) is 1.66. The van der Waals surface area contributed by atoms with E-state index in [0.29, 0.717) is 18.9 Å². The van der Waals surface area contributed by atoms with Crippen LogP contribution in [0.3, 0.4) is 0 Å². The van der Waals surface area contributed by atoms with Crippen LogP contribution in [0.2, 0.25) is 0 Å². The predicted molar refractivity (Wildman–Crippen MR) is 87.8 cm³/mol. The Morgan fingerprint density at radius 2 is 1.90 bits per heavy atom. The second-order valence-electron chi connectivity index (χ2n) is 6.14. The van der Waals surface area contributed by atoms with E-state index in [-0.39, 0.29) is 12.6 Å². The second kappa shape index (κ2) is 6.97. The number of rotatable bonds is 5. The summed E-state index contributed by atoms with van der Waals surface area (Å²) in [6, 6.07) is 0.347. The normalized spacial score (nSPS) is 14.8. The minimum Gasteiger partial charge on any atom is -0.459 e. The number of ether oxygens (including phenoxy) is 1. The Bertz CT molecular complexity index is 1170. The van der Waals surface area contributed by atoms with Gasteiger partial charge in [-0.25, -0.2) is 9.18 Å². The molecule has 1 aliphatic rings. The maximum Gasteiger partial charge on any atom is 0.534 e. The molecule has 1 saturated carbocycles. The number of halogens is 5. The van der Waals surface area contributed by atoms with E-state index in [1.807, 2.05) is 0 Å². The number of carbonyl (C=O) groups is 1. The molecule has 29 heavy (non-hydrogen) atoms. The molecule has 1 aliphatic carbocycles. The van der Waals surface area contributed by atoms with E-state index in [4.69, 9.17) is 4.74 Å². The maximum absolute atomic E-state index is 14.2. The summed E-state index contributed by atoms with van der Waals surface area (Å²) in [6.45, 7) is 1.25. The first-order valence-corrected chi connectivity index (χ1v) is 9.55. The Morgan fingerprint density at radius 3 is 2.41 bits per heavy atom. The van der Waals surface area contributed by atoms with Crippen molar-refractivity contribution in [1.29, 1.82) is 0 Å². The van der Waals surface area contributed by atoms with Gasteiger partial charge in [-0.1, -0.05) is 0 Å². The number of alkyl halides is 3. The van der Waals surface area contributed by atoms with Crippen molar-refractivity contribution in [1.82, 2.24) is 4.57 Å².